The predicted molar refractivity (Wildman–Crippen MR) is 195 cm³/mol. The van der Waals surface area contributed by atoms with Crippen molar-refractivity contribution in [3.63, 3.8) is 0 Å². The van der Waals surface area contributed by atoms with Crippen LogP contribution in [0.15, 0.2) is 24.3 Å². The molecule has 2 rings (SSSR count). The van der Waals surface area contributed by atoms with Gasteiger partial charge in [0.25, 0.3) is 0 Å². The SMILES string of the molecule is CC(C)(C)C(C)(C)C.CC(C)(C)c1ccc(C(C)(C)C)s1.CC(C)NS(=O)(=O)C1CC1.CC(C)OCC/C=C/C(C)(C)C. The maximum Gasteiger partial charge on any atom is 0.214 e. The van der Waals surface area contributed by atoms with Crippen LogP contribution in [0.3, 0.4) is 0 Å². The van der Waals surface area contributed by atoms with Crippen molar-refractivity contribution in [1.82, 2.24) is 4.72 Å². The summed E-state index contributed by atoms with van der Waals surface area (Å²) >= 11 is 1.95. The Labute approximate surface area is 274 Å². The lowest BCUT2D eigenvalue weighted by molar-refractivity contribution is 0.0825. The van der Waals surface area contributed by atoms with E-state index >= 15 is 0 Å². The van der Waals surface area contributed by atoms with Crippen molar-refractivity contribution in [1.29, 1.82) is 0 Å². The normalized spacial score (nSPS) is 15.0. The van der Waals surface area contributed by atoms with Crippen molar-refractivity contribution in [2.45, 2.75) is 179 Å². The van der Waals surface area contributed by atoms with Crippen LogP contribution in [-0.4, -0.2) is 32.4 Å². The van der Waals surface area contributed by atoms with Crippen LogP contribution < -0.4 is 4.72 Å². The van der Waals surface area contributed by atoms with Crippen LogP contribution in [0.5, 0.6) is 0 Å². The van der Waals surface area contributed by atoms with Crippen LogP contribution >= 0.6 is 11.3 Å². The molecule has 1 fully saturated rings. The summed E-state index contributed by atoms with van der Waals surface area (Å²) in [7, 11) is -2.94. The molecule has 4 nitrogen and oxygen atoms in total. The van der Waals surface area contributed by atoms with Gasteiger partial charge in [-0.1, -0.05) is 116 Å². The highest BCUT2D eigenvalue weighted by atomic mass is 32.2. The van der Waals surface area contributed by atoms with E-state index in [4.69, 9.17) is 4.74 Å². The van der Waals surface area contributed by atoms with Gasteiger partial charge in [0.1, 0.15) is 0 Å². The third kappa shape index (κ3) is 23.3. The van der Waals surface area contributed by atoms with Gasteiger partial charge in [0.05, 0.1) is 18.0 Å². The molecule has 6 heteroatoms. The van der Waals surface area contributed by atoms with E-state index in [1.165, 1.54) is 9.75 Å². The molecule has 0 atom stereocenters. The molecule has 1 N–H and O–H groups in total. The molecule has 0 aromatic carbocycles. The third-order valence-corrected chi connectivity index (χ3v) is 11.1. The highest BCUT2D eigenvalue weighted by molar-refractivity contribution is 7.90. The van der Waals surface area contributed by atoms with Crippen molar-refractivity contribution in [2.75, 3.05) is 6.61 Å². The largest absolute Gasteiger partial charge is 0.378 e. The van der Waals surface area contributed by atoms with Crippen molar-refractivity contribution in [2.24, 2.45) is 16.2 Å². The first-order chi connectivity index (χ1) is 18.9. The molecule has 0 bridgehead atoms. The molecule has 0 saturated heterocycles. The van der Waals surface area contributed by atoms with Crippen LogP contribution in [0.4, 0.5) is 0 Å². The van der Waals surface area contributed by atoms with Gasteiger partial charge in [-0.2, -0.15) is 0 Å². The van der Waals surface area contributed by atoms with E-state index in [1.54, 1.807) is 0 Å². The van der Waals surface area contributed by atoms with Crippen molar-refractivity contribution < 1.29 is 13.2 Å². The zero-order valence-corrected chi connectivity index (χ0v) is 33.5. The number of thiophene rings is 1. The Bertz CT molecular complexity index is 970. The Kier molecular flexibility index (Phi) is 18.5. The summed E-state index contributed by atoms with van der Waals surface area (Å²) in [5.74, 6) is 0. The Hall–Kier alpha value is -0.690. The zero-order chi connectivity index (χ0) is 34.7. The Morgan fingerprint density at radius 1 is 0.791 bits per heavy atom. The number of ether oxygens (including phenoxy) is 1. The average molecular weight is 644 g/mol. The lowest BCUT2D eigenvalue weighted by Gasteiger charge is -2.34. The summed E-state index contributed by atoms with van der Waals surface area (Å²) in [5, 5.41) is -0.0881. The molecular formula is C37H73NO3S2. The summed E-state index contributed by atoms with van der Waals surface area (Å²) in [6.45, 7) is 42.5. The van der Waals surface area contributed by atoms with Gasteiger partial charge in [0.2, 0.25) is 10.0 Å². The van der Waals surface area contributed by atoms with Crippen LogP contribution in [0.2, 0.25) is 0 Å². The Morgan fingerprint density at radius 2 is 1.19 bits per heavy atom. The van der Waals surface area contributed by atoms with E-state index in [0.717, 1.165) is 25.9 Å². The van der Waals surface area contributed by atoms with Crippen LogP contribution in [-0.2, 0) is 25.6 Å². The summed E-state index contributed by atoms with van der Waals surface area (Å²) in [6, 6.07) is 4.57. The summed E-state index contributed by atoms with van der Waals surface area (Å²) in [5.41, 5.74) is 1.78. The first-order valence-electron chi connectivity index (χ1n) is 16.3. The van der Waals surface area contributed by atoms with Gasteiger partial charge in [0, 0.05) is 15.8 Å². The molecule has 0 amide bonds. The van der Waals surface area contributed by atoms with Crippen molar-refractivity contribution >= 4 is 21.4 Å². The van der Waals surface area contributed by atoms with E-state index in [1.807, 2.05) is 25.2 Å². The average Bonchev–Trinajstić information content (AvgIpc) is 3.47. The lowest BCUT2D eigenvalue weighted by atomic mass is 9.71. The molecule has 1 aliphatic carbocycles. The number of sulfonamides is 1. The van der Waals surface area contributed by atoms with Crippen LogP contribution in [0.25, 0.3) is 0 Å². The maximum atomic E-state index is 11.1. The maximum absolute atomic E-state index is 11.1. The molecule has 1 aromatic heterocycles. The van der Waals surface area contributed by atoms with Gasteiger partial charge in [-0.15, -0.1) is 11.3 Å². The highest BCUT2D eigenvalue weighted by Gasteiger charge is 2.35. The fourth-order valence-electron chi connectivity index (χ4n) is 2.76. The minimum atomic E-state index is -2.94. The lowest BCUT2D eigenvalue weighted by Crippen LogP contribution is -2.32. The molecule has 256 valence electrons. The second-order valence-electron chi connectivity index (χ2n) is 17.7. The molecule has 1 heterocycles. The zero-order valence-electron chi connectivity index (χ0n) is 31.9. The Balaban J connectivity index is 0. The topological polar surface area (TPSA) is 55.4 Å². The van der Waals surface area contributed by atoms with E-state index in [9.17, 15) is 8.42 Å². The summed E-state index contributed by atoms with van der Waals surface area (Å²) in [4.78, 5) is 2.97. The van der Waals surface area contributed by atoms with Crippen LogP contribution in [0, 0.1) is 16.2 Å². The number of allylic oxidation sites excluding steroid dienone is 1. The van der Waals surface area contributed by atoms with E-state index in [-0.39, 0.29) is 11.3 Å². The summed E-state index contributed by atoms with van der Waals surface area (Å²) < 4.78 is 30.1. The van der Waals surface area contributed by atoms with E-state index in [2.05, 4.69) is 147 Å². The molecule has 0 aliphatic heterocycles. The van der Waals surface area contributed by atoms with Gasteiger partial charge in [0.15, 0.2) is 0 Å². The van der Waals surface area contributed by atoms with Gasteiger partial charge < -0.3 is 4.74 Å². The van der Waals surface area contributed by atoms with E-state index in [0.29, 0.717) is 33.2 Å². The molecule has 1 aliphatic rings. The minimum Gasteiger partial charge on any atom is -0.378 e. The molecule has 1 aromatic rings. The van der Waals surface area contributed by atoms with Gasteiger partial charge in [-0.05, 0) is 86.2 Å². The fourth-order valence-corrected chi connectivity index (χ4v) is 5.48. The number of hydrogen-bond donors (Lipinski definition) is 1. The smallest absolute Gasteiger partial charge is 0.214 e. The minimum absolute atomic E-state index is 0.0330. The number of rotatable bonds is 7. The van der Waals surface area contributed by atoms with Crippen molar-refractivity contribution in [3.8, 4) is 0 Å². The first-order valence-corrected chi connectivity index (χ1v) is 18.7. The second-order valence-corrected chi connectivity index (χ2v) is 20.7. The van der Waals surface area contributed by atoms with Gasteiger partial charge in [-0.3, -0.25) is 0 Å². The monoisotopic (exact) mass is 644 g/mol. The number of nitrogens with one attached hydrogen (secondary N) is 1. The molecular weight excluding hydrogens is 571 g/mol. The predicted octanol–water partition coefficient (Wildman–Crippen LogP) is 11.3. The molecule has 0 unspecified atom stereocenters. The van der Waals surface area contributed by atoms with Gasteiger partial charge in [-0.25, -0.2) is 13.1 Å². The van der Waals surface area contributed by atoms with Crippen molar-refractivity contribution in [3.05, 3.63) is 34.0 Å². The van der Waals surface area contributed by atoms with Crippen LogP contribution in [0.1, 0.15) is 161 Å². The second kappa shape index (κ2) is 17.9. The summed E-state index contributed by atoms with van der Waals surface area (Å²) in [6.07, 6.45) is 7.48. The number of hydrogen-bond acceptors (Lipinski definition) is 4. The molecule has 0 radical (unpaired) electrons. The van der Waals surface area contributed by atoms with Gasteiger partial charge >= 0.3 is 0 Å². The third-order valence-electron chi connectivity index (χ3n) is 7.05. The standard InChI is InChI=1S/C12H20S.C11H22O.C8H18.C6H13NO2S/c1-11(2,3)9-7-8-10(13-9)12(4,5)6;1-10(2)12-9-7-6-8-11(3,4)5;1-7(2,3)8(4,5)6;1-5(2)7-10(8,9)6-3-4-6/h7-8H,1-6H3;6,8,10H,7,9H2,1-5H3;1-6H3;5-7H,3-4H2,1-2H3/b;8-6+;;. The highest BCUT2D eigenvalue weighted by Crippen LogP contribution is 2.37. The molecule has 0 spiro atoms. The molecule has 1 saturated carbocycles. The molecule has 43 heavy (non-hydrogen) atoms. The quantitative estimate of drug-likeness (QED) is 0.238. The first kappa shape index (κ1) is 44.4. The fraction of sp³-hybridized carbons (Fsp3) is 0.838. The Morgan fingerprint density at radius 3 is 1.42 bits per heavy atom. The van der Waals surface area contributed by atoms with E-state index < -0.39 is 10.0 Å².